The first-order valence-corrected chi connectivity index (χ1v) is 6.17. The van der Waals surface area contributed by atoms with Gasteiger partial charge in [-0.3, -0.25) is 0 Å². The monoisotopic (exact) mass is 253 g/mol. The molecule has 0 saturated carbocycles. The average Bonchev–Trinajstić information content (AvgIpc) is 2.64. The maximum Gasteiger partial charge on any atom is 0.227 e. The Morgan fingerprint density at radius 2 is 2.18 bits per heavy atom. The third-order valence-electron chi connectivity index (χ3n) is 2.23. The highest BCUT2D eigenvalue weighted by Gasteiger charge is 2.10. The van der Waals surface area contributed by atoms with Crippen molar-refractivity contribution in [2.24, 2.45) is 0 Å². The van der Waals surface area contributed by atoms with E-state index in [-0.39, 0.29) is 5.95 Å². The number of nitrogen functional groups attached to an aromatic ring is 1. The minimum absolute atomic E-state index is 0.251. The Morgan fingerprint density at radius 1 is 1.35 bits per heavy atom. The second kappa shape index (κ2) is 5.29. The lowest BCUT2D eigenvalue weighted by Crippen LogP contribution is -2.04. The van der Waals surface area contributed by atoms with Crippen molar-refractivity contribution in [2.45, 2.75) is 13.3 Å². The van der Waals surface area contributed by atoms with Gasteiger partial charge < -0.3 is 15.2 Å². The van der Waals surface area contributed by atoms with Gasteiger partial charge in [0.2, 0.25) is 11.8 Å². The second-order valence-corrected chi connectivity index (χ2v) is 4.89. The molecule has 17 heavy (non-hydrogen) atoms. The molecule has 0 aliphatic rings. The van der Waals surface area contributed by atoms with Crippen molar-refractivity contribution in [2.75, 3.05) is 26.1 Å². The van der Waals surface area contributed by atoms with Crippen LogP contribution in [0.1, 0.15) is 11.3 Å². The highest BCUT2D eigenvalue weighted by molar-refractivity contribution is 7.18. The van der Waals surface area contributed by atoms with Crippen LogP contribution in [0, 0.1) is 6.92 Å². The van der Waals surface area contributed by atoms with E-state index in [0.717, 1.165) is 16.6 Å². The first-order chi connectivity index (χ1) is 8.20. The van der Waals surface area contributed by atoms with Crippen molar-refractivity contribution in [1.82, 2.24) is 9.97 Å². The van der Waals surface area contributed by atoms with E-state index in [0.29, 0.717) is 19.1 Å². The number of thiophene rings is 1. The first-order valence-electron chi connectivity index (χ1n) is 5.36. The van der Waals surface area contributed by atoms with Crippen LogP contribution in [-0.4, -0.2) is 30.3 Å². The van der Waals surface area contributed by atoms with Crippen LogP contribution in [0.2, 0.25) is 0 Å². The topological polar surface area (TPSA) is 70.3 Å². The lowest BCUT2D eigenvalue weighted by molar-refractivity contribution is 0.171. The fourth-order valence-electron chi connectivity index (χ4n) is 1.51. The number of methoxy groups -OCH3 is 1. The minimum Gasteiger partial charge on any atom is -0.477 e. The molecular formula is C11H15N3O2S. The lowest BCUT2D eigenvalue weighted by Gasteiger charge is -2.06. The third kappa shape index (κ3) is 2.83. The fraction of sp³-hybridized carbons (Fsp3) is 0.455. The largest absolute Gasteiger partial charge is 0.477 e. The van der Waals surface area contributed by atoms with Gasteiger partial charge in [-0.15, -0.1) is 11.3 Å². The maximum atomic E-state index is 5.64. The molecule has 0 unspecified atom stereocenters. The Hall–Kier alpha value is -1.40. The number of ether oxygens (including phenoxy) is 2. The summed E-state index contributed by atoms with van der Waals surface area (Å²) in [6.07, 6.45) is 0.824. The van der Waals surface area contributed by atoms with Crippen molar-refractivity contribution >= 4 is 27.5 Å². The van der Waals surface area contributed by atoms with E-state index in [1.165, 1.54) is 4.88 Å². The first kappa shape index (κ1) is 12.1. The summed E-state index contributed by atoms with van der Waals surface area (Å²) in [4.78, 5) is 10.3. The summed E-state index contributed by atoms with van der Waals surface area (Å²) in [5, 5.41) is 0.930. The Balaban J connectivity index is 2.19. The van der Waals surface area contributed by atoms with Gasteiger partial charge in [0.1, 0.15) is 4.83 Å². The zero-order chi connectivity index (χ0) is 12.3. The van der Waals surface area contributed by atoms with Crippen molar-refractivity contribution in [1.29, 1.82) is 0 Å². The van der Waals surface area contributed by atoms with E-state index in [2.05, 4.69) is 9.97 Å². The molecule has 2 rings (SSSR count). The quantitative estimate of drug-likeness (QED) is 0.825. The van der Waals surface area contributed by atoms with Gasteiger partial charge in [0.25, 0.3) is 0 Å². The number of rotatable bonds is 5. The molecule has 6 heteroatoms. The Labute approximate surface area is 104 Å². The summed E-state index contributed by atoms with van der Waals surface area (Å²) >= 11 is 1.59. The number of nitrogens with zero attached hydrogens (tertiary/aromatic N) is 2. The summed E-state index contributed by atoms with van der Waals surface area (Å²) in [5.41, 5.74) is 5.64. The van der Waals surface area contributed by atoms with Crippen LogP contribution in [0.4, 0.5) is 5.95 Å². The molecule has 2 N–H and O–H groups in total. The van der Waals surface area contributed by atoms with Crippen molar-refractivity contribution in [3.63, 3.8) is 0 Å². The number of nitrogens with two attached hydrogens (primary N) is 1. The molecule has 0 saturated heterocycles. The molecule has 0 aromatic carbocycles. The minimum atomic E-state index is 0.251. The third-order valence-corrected chi connectivity index (χ3v) is 3.17. The van der Waals surface area contributed by atoms with Crippen LogP contribution in [0.5, 0.6) is 5.88 Å². The molecule has 2 aromatic heterocycles. The van der Waals surface area contributed by atoms with Crippen LogP contribution >= 0.6 is 11.3 Å². The van der Waals surface area contributed by atoms with Crippen molar-refractivity contribution in [3.05, 3.63) is 10.9 Å². The highest BCUT2D eigenvalue weighted by atomic mass is 32.1. The smallest absolute Gasteiger partial charge is 0.227 e. The van der Waals surface area contributed by atoms with Gasteiger partial charge in [-0.2, -0.15) is 4.98 Å². The van der Waals surface area contributed by atoms with E-state index in [9.17, 15) is 0 Å². The van der Waals surface area contributed by atoms with Crippen LogP contribution in [0.15, 0.2) is 6.07 Å². The molecule has 0 radical (unpaired) electrons. The Morgan fingerprint density at radius 3 is 2.94 bits per heavy atom. The predicted molar refractivity (Wildman–Crippen MR) is 68.6 cm³/mol. The fourth-order valence-corrected chi connectivity index (χ4v) is 2.39. The molecule has 0 spiro atoms. The standard InChI is InChI=1S/C11H15N3O2S/c1-7-6-8-9(16-5-3-4-15-2)13-11(12)14-10(8)17-7/h6H,3-5H2,1-2H3,(H2,12,13,14). The maximum absolute atomic E-state index is 5.64. The molecule has 0 aliphatic heterocycles. The highest BCUT2D eigenvalue weighted by Crippen LogP contribution is 2.30. The number of hydrogen-bond acceptors (Lipinski definition) is 6. The second-order valence-electron chi connectivity index (χ2n) is 3.66. The van der Waals surface area contributed by atoms with Crippen LogP contribution in [-0.2, 0) is 4.74 Å². The lowest BCUT2D eigenvalue weighted by atomic mass is 10.3. The van der Waals surface area contributed by atoms with Crippen LogP contribution in [0.25, 0.3) is 10.2 Å². The van der Waals surface area contributed by atoms with E-state index in [4.69, 9.17) is 15.2 Å². The van der Waals surface area contributed by atoms with Crippen LogP contribution in [0.3, 0.4) is 0 Å². The molecule has 2 aromatic rings. The van der Waals surface area contributed by atoms with Gasteiger partial charge in [0.15, 0.2) is 0 Å². The summed E-state index contributed by atoms with van der Waals surface area (Å²) in [7, 11) is 1.67. The van der Waals surface area contributed by atoms with Gasteiger partial charge in [-0.05, 0) is 13.0 Å². The van der Waals surface area contributed by atoms with E-state index < -0.39 is 0 Å². The summed E-state index contributed by atoms with van der Waals surface area (Å²) in [5.74, 6) is 0.814. The Kier molecular flexibility index (Phi) is 3.75. The van der Waals surface area contributed by atoms with E-state index in [1.807, 2.05) is 13.0 Å². The normalized spacial score (nSPS) is 10.9. The van der Waals surface area contributed by atoms with Crippen molar-refractivity contribution < 1.29 is 9.47 Å². The summed E-state index contributed by atoms with van der Waals surface area (Å²) in [6, 6.07) is 2.02. The van der Waals surface area contributed by atoms with Gasteiger partial charge in [-0.1, -0.05) is 0 Å². The van der Waals surface area contributed by atoms with E-state index >= 15 is 0 Å². The molecule has 2 heterocycles. The molecule has 0 fully saturated rings. The Bertz CT molecular complexity index is 513. The molecule has 5 nitrogen and oxygen atoms in total. The van der Waals surface area contributed by atoms with E-state index in [1.54, 1.807) is 18.4 Å². The zero-order valence-electron chi connectivity index (χ0n) is 9.90. The molecular weight excluding hydrogens is 238 g/mol. The van der Waals surface area contributed by atoms with Crippen molar-refractivity contribution in [3.8, 4) is 5.88 Å². The molecule has 92 valence electrons. The average molecular weight is 253 g/mol. The number of aromatic nitrogens is 2. The molecule has 0 bridgehead atoms. The zero-order valence-corrected chi connectivity index (χ0v) is 10.7. The summed E-state index contributed by atoms with van der Waals surface area (Å²) in [6.45, 7) is 3.26. The number of aryl methyl sites for hydroxylation is 1. The molecule has 0 amide bonds. The number of hydrogen-bond donors (Lipinski definition) is 1. The van der Waals surface area contributed by atoms with Gasteiger partial charge in [0.05, 0.1) is 12.0 Å². The van der Waals surface area contributed by atoms with Gasteiger partial charge in [0, 0.05) is 25.0 Å². The number of fused-ring (bicyclic) bond motifs is 1. The molecule has 0 aliphatic carbocycles. The predicted octanol–water partition coefficient (Wildman–Crippen LogP) is 2.00. The number of anilines is 1. The SMILES string of the molecule is COCCCOc1nc(N)nc2sc(C)cc12. The van der Waals surface area contributed by atoms with Crippen LogP contribution < -0.4 is 10.5 Å². The summed E-state index contributed by atoms with van der Waals surface area (Å²) < 4.78 is 10.6. The van der Waals surface area contributed by atoms with Gasteiger partial charge in [-0.25, -0.2) is 4.98 Å². The van der Waals surface area contributed by atoms with Gasteiger partial charge >= 0.3 is 0 Å². The molecule has 0 atom stereocenters.